The summed E-state index contributed by atoms with van der Waals surface area (Å²) in [5.74, 6) is 0. The summed E-state index contributed by atoms with van der Waals surface area (Å²) in [6.45, 7) is 0.815. The Labute approximate surface area is 87.6 Å². The number of rotatable bonds is 1. The summed E-state index contributed by atoms with van der Waals surface area (Å²) in [6, 6.07) is 8.02. The minimum absolute atomic E-state index is 0.540. The quantitative estimate of drug-likeness (QED) is 0.570. The molecule has 1 aromatic carbocycles. The first-order valence-electron chi connectivity index (χ1n) is 4.59. The summed E-state index contributed by atoms with van der Waals surface area (Å²) in [4.78, 5) is 10.7. The fourth-order valence-electron chi connectivity index (χ4n) is 1.76. The molecule has 0 fully saturated rings. The Morgan fingerprint density at radius 2 is 2.21 bits per heavy atom. The number of hydrogen-bond acceptors (Lipinski definition) is 2. The maximum Gasteiger partial charge on any atom is 0.332 e. The van der Waals surface area contributed by atoms with Crippen LogP contribution in [0.1, 0.15) is 12.0 Å². The average molecular weight is 211 g/mol. The van der Waals surface area contributed by atoms with Gasteiger partial charge in [0.2, 0.25) is 0 Å². The largest absolute Gasteiger partial charge is 0.332 e. The van der Waals surface area contributed by atoms with Crippen molar-refractivity contribution in [2.24, 2.45) is 0 Å². The number of anilines is 1. The van der Waals surface area contributed by atoms with Gasteiger partial charge in [-0.1, -0.05) is 18.2 Å². The molecule has 0 radical (unpaired) electrons. The van der Waals surface area contributed by atoms with Crippen molar-refractivity contribution in [3.63, 3.8) is 0 Å². The van der Waals surface area contributed by atoms with Crippen LogP contribution < -0.4 is 10.4 Å². The molecule has 1 N–H and O–H groups in total. The highest BCUT2D eigenvalue weighted by Crippen LogP contribution is 2.24. The van der Waals surface area contributed by atoms with Gasteiger partial charge >= 0.3 is 5.37 Å². The summed E-state index contributed by atoms with van der Waals surface area (Å²) in [7, 11) is 0. The first kappa shape index (κ1) is 9.34. The van der Waals surface area contributed by atoms with E-state index in [1.807, 2.05) is 18.2 Å². The van der Waals surface area contributed by atoms with Crippen LogP contribution in [0.15, 0.2) is 24.3 Å². The van der Waals surface area contributed by atoms with E-state index < -0.39 is 5.37 Å². The fraction of sp³-hybridized carbons (Fsp3) is 0.300. The van der Waals surface area contributed by atoms with Crippen molar-refractivity contribution in [2.75, 3.05) is 11.6 Å². The van der Waals surface area contributed by atoms with Crippen molar-refractivity contribution in [1.29, 1.82) is 0 Å². The van der Waals surface area contributed by atoms with E-state index >= 15 is 0 Å². The van der Waals surface area contributed by atoms with Crippen LogP contribution in [0.5, 0.6) is 0 Å². The molecule has 1 amide bonds. The van der Waals surface area contributed by atoms with Crippen LogP contribution in [0.25, 0.3) is 0 Å². The van der Waals surface area contributed by atoms with Crippen LogP contribution in [0.4, 0.5) is 10.5 Å². The van der Waals surface area contributed by atoms with Gasteiger partial charge in [0.15, 0.2) is 0 Å². The lowest BCUT2D eigenvalue weighted by Gasteiger charge is -2.30. The number of amides is 1. The third-order valence-corrected chi connectivity index (χ3v) is 2.42. The number of nitrogens with zero attached hydrogens (tertiary/aromatic N) is 1. The van der Waals surface area contributed by atoms with Crippen molar-refractivity contribution in [3.8, 4) is 0 Å². The van der Waals surface area contributed by atoms with Crippen LogP contribution in [0.3, 0.4) is 0 Å². The molecular weight excluding hydrogens is 200 g/mol. The van der Waals surface area contributed by atoms with E-state index in [4.69, 9.17) is 11.6 Å². The second kappa shape index (κ2) is 3.88. The number of benzene rings is 1. The van der Waals surface area contributed by atoms with Gasteiger partial charge in [0.1, 0.15) is 0 Å². The van der Waals surface area contributed by atoms with E-state index in [-0.39, 0.29) is 0 Å². The lowest BCUT2D eigenvalue weighted by molar-refractivity contribution is 0.258. The highest BCUT2D eigenvalue weighted by atomic mass is 35.5. The number of halogens is 1. The van der Waals surface area contributed by atoms with E-state index in [1.54, 1.807) is 5.01 Å². The minimum atomic E-state index is -0.540. The predicted molar refractivity (Wildman–Crippen MR) is 56.5 cm³/mol. The average Bonchev–Trinajstić information content (AvgIpc) is 2.18. The molecule has 0 aliphatic carbocycles. The van der Waals surface area contributed by atoms with Gasteiger partial charge < -0.3 is 0 Å². The zero-order valence-electron chi connectivity index (χ0n) is 7.66. The summed E-state index contributed by atoms with van der Waals surface area (Å²) >= 11 is 5.29. The molecule has 2 rings (SSSR count). The first-order valence-corrected chi connectivity index (χ1v) is 4.97. The highest BCUT2D eigenvalue weighted by Gasteiger charge is 2.16. The molecule has 1 aromatic rings. The number of hydrazine groups is 1. The number of para-hydroxylation sites is 1. The van der Waals surface area contributed by atoms with Crippen molar-refractivity contribution < 1.29 is 4.79 Å². The molecule has 0 saturated heterocycles. The SMILES string of the molecule is O=C(Cl)NN1CCCc2ccccc21. The van der Waals surface area contributed by atoms with Gasteiger partial charge in [-0.2, -0.15) is 0 Å². The lowest BCUT2D eigenvalue weighted by Crippen LogP contribution is -2.42. The molecule has 1 aliphatic rings. The highest BCUT2D eigenvalue weighted by molar-refractivity contribution is 6.63. The zero-order chi connectivity index (χ0) is 9.97. The van der Waals surface area contributed by atoms with Crippen LogP contribution in [-0.2, 0) is 6.42 Å². The van der Waals surface area contributed by atoms with Crippen molar-refractivity contribution in [2.45, 2.75) is 12.8 Å². The summed E-state index contributed by atoms with van der Waals surface area (Å²) < 4.78 is 0. The van der Waals surface area contributed by atoms with E-state index in [0.29, 0.717) is 0 Å². The Morgan fingerprint density at radius 3 is 3.00 bits per heavy atom. The third kappa shape index (κ3) is 1.82. The van der Waals surface area contributed by atoms with Crippen LogP contribution in [0, 0.1) is 0 Å². The van der Waals surface area contributed by atoms with Crippen LogP contribution in [-0.4, -0.2) is 11.9 Å². The Bertz CT molecular complexity index is 354. The standard InChI is InChI=1S/C10H11ClN2O/c11-10(14)12-13-7-3-5-8-4-1-2-6-9(8)13/h1-2,4,6H,3,5,7H2,(H,12,14). The van der Waals surface area contributed by atoms with Gasteiger partial charge in [-0.15, -0.1) is 0 Å². The molecular formula is C10H11ClN2O. The third-order valence-electron chi connectivity index (χ3n) is 2.33. The van der Waals surface area contributed by atoms with Crippen molar-refractivity contribution >= 4 is 22.7 Å². The number of aryl methyl sites for hydroxylation is 1. The van der Waals surface area contributed by atoms with Gasteiger partial charge in [-0.25, -0.2) is 0 Å². The molecule has 4 heteroatoms. The molecule has 3 nitrogen and oxygen atoms in total. The van der Waals surface area contributed by atoms with Gasteiger partial charge in [0, 0.05) is 6.54 Å². The van der Waals surface area contributed by atoms with Gasteiger partial charge in [0.25, 0.3) is 0 Å². The molecule has 0 atom stereocenters. The minimum Gasteiger partial charge on any atom is -0.284 e. The first-order chi connectivity index (χ1) is 6.77. The maximum atomic E-state index is 10.7. The Balaban J connectivity index is 2.26. The van der Waals surface area contributed by atoms with E-state index in [2.05, 4.69) is 11.5 Å². The second-order valence-corrected chi connectivity index (χ2v) is 3.61. The van der Waals surface area contributed by atoms with E-state index in [0.717, 1.165) is 25.1 Å². The molecule has 1 aliphatic heterocycles. The molecule has 0 unspecified atom stereocenters. The topological polar surface area (TPSA) is 32.3 Å². The van der Waals surface area contributed by atoms with Gasteiger partial charge in [0.05, 0.1) is 5.69 Å². The number of carbonyl (C=O) groups is 1. The summed E-state index contributed by atoms with van der Waals surface area (Å²) in [5.41, 5.74) is 4.90. The molecule has 0 spiro atoms. The number of hydrogen-bond donors (Lipinski definition) is 1. The smallest absolute Gasteiger partial charge is 0.284 e. The maximum absolute atomic E-state index is 10.7. The lowest BCUT2D eigenvalue weighted by atomic mass is 10.0. The molecule has 14 heavy (non-hydrogen) atoms. The van der Waals surface area contributed by atoms with E-state index in [1.165, 1.54) is 5.56 Å². The Kier molecular flexibility index (Phi) is 2.59. The monoisotopic (exact) mass is 210 g/mol. The van der Waals surface area contributed by atoms with E-state index in [9.17, 15) is 4.79 Å². The van der Waals surface area contributed by atoms with Crippen LogP contribution in [0.2, 0.25) is 0 Å². The van der Waals surface area contributed by atoms with Crippen molar-refractivity contribution in [1.82, 2.24) is 5.43 Å². The number of fused-ring (bicyclic) bond motifs is 1. The van der Waals surface area contributed by atoms with Gasteiger partial charge in [-0.3, -0.25) is 15.2 Å². The number of carbonyl (C=O) groups excluding carboxylic acids is 1. The van der Waals surface area contributed by atoms with Crippen LogP contribution >= 0.6 is 11.6 Å². The Hall–Kier alpha value is -1.22. The molecule has 1 heterocycles. The molecule has 0 saturated carbocycles. The predicted octanol–water partition coefficient (Wildman–Crippen LogP) is 2.30. The zero-order valence-corrected chi connectivity index (χ0v) is 8.42. The molecule has 74 valence electrons. The molecule has 0 aromatic heterocycles. The normalized spacial score (nSPS) is 14.8. The fourth-order valence-corrected chi connectivity index (χ4v) is 1.86. The Morgan fingerprint density at radius 1 is 1.43 bits per heavy atom. The number of nitrogens with one attached hydrogen (secondary N) is 1. The molecule has 0 bridgehead atoms. The van der Waals surface area contributed by atoms with Gasteiger partial charge in [-0.05, 0) is 36.1 Å². The van der Waals surface area contributed by atoms with Crippen molar-refractivity contribution in [3.05, 3.63) is 29.8 Å². The second-order valence-electron chi connectivity index (χ2n) is 3.27. The summed E-state index contributed by atoms with van der Waals surface area (Å²) in [5, 5.41) is 1.26. The summed E-state index contributed by atoms with van der Waals surface area (Å²) in [6.07, 6.45) is 2.10.